The fourth-order valence-electron chi connectivity index (χ4n) is 2.10. The van der Waals surface area contributed by atoms with Gasteiger partial charge in [0.05, 0.1) is 16.9 Å². The van der Waals surface area contributed by atoms with Crippen molar-refractivity contribution < 1.29 is 8.42 Å². The van der Waals surface area contributed by atoms with Crippen molar-refractivity contribution in [3.8, 4) is 6.07 Å². The number of benzene rings is 1. The van der Waals surface area contributed by atoms with Gasteiger partial charge in [0.25, 0.3) is 10.0 Å². The van der Waals surface area contributed by atoms with Crippen LogP contribution in [0, 0.1) is 18.3 Å². The van der Waals surface area contributed by atoms with E-state index in [0.717, 1.165) is 5.69 Å². The van der Waals surface area contributed by atoms with Crippen molar-refractivity contribution in [3.05, 3.63) is 34.6 Å². The molecule has 0 fully saturated rings. The van der Waals surface area contributed by atoms with Crippen LogP contribution in [-0.2, 0) is 17.1 Å². The first-order chi connectivity index (χ1) is 10.7. The molecule has 2 rings (SSSR count). The van der Waals surface area contributed by atoms with Crippen molar-refractivity contribution >= 4 is 33.0 Å². The Hall–Kier alpha value is -2.24. The van der Waals surface area contributed by atoms with Crippen LogP contribution in [0.1, 0.15) is 11.3 Å². The molecule has 1 aromatic carbocycles. The average molecular weight is 354 g/mol. The average Bonchev–Trinajstić information content (AvgIpc) is 2.71. The molecule has 0 aliphatic carbocycles. The summed E-state index contributed by atoms with van der Waals surface area (Å²) in [5, 5.41) is 13.2. The first-order valence-corrected chi connectivity index (χ1v) is 8.47. The number of nitrogens with one attached hydrogen (secondary N) is 1. The second-order valence-electron chi connectivity index (χ2n) is 5.17. The number of rotatable bonds is 4. The molecule has 1 N–H and O–H groups in total. The molecule has 122 valence electrons. The second kappa shape index (κ2) is 6.10. The highest BCUT2D eigenvalue weighted by molar-refractivity contribution is 7.92. The third-order valence-corrected chi connectivity index (χ3v) is 5.31. The van der Waals surface area contributed by atoms with Crippen LogP contribution in [0.25, 0.3) is 0 Å². The second-order valence-corrected chi connectivity index (χ2v) is 7.15. The number of nitriles is 1. The predicted octanol–water partition coefficient (Wildman–Crippen LogP) is 2.12. The first-order valence-electron chi connectivity index (χ1n) is 6.60. The van der Waals surface area contributed by atoms with Crippen LogP contribution in [0.15, 0.2) is 23.1 Å². The van der Waals surface area contributed by atoms with Crippen molar-refractivity contribution in [1.29, 1.82) is 5.26 Å². The zero-order valence-electron chi connectivity index (χ0n) is 13.1. The van der Waals surface area contributed by atoms with E-state index in [0.29, 0.717) is 0 Å². The van der Waals surface area contributed by atoms with Crippen LogP contribution < -0.4 is 9.62 Å². The number of hydrogen-bond acceptors (Lipinski definition) is 5. The molecule has 0 aliphatic rings. The van der Waals surface area contributed by atoms with Gasteiger partial charge in [0.15, 0.2) is 0 Å². The van der Waals surface area contributed by atoms with Crippen LogP contribution >= 0.6 is 11.6 Å². The maximum atomic E-state index is 12.6. The van der Waals surface area contributed by atoms with Crippen molar-refractivity contribution in [3.63, 3.8) is 0 Å². The predicted molar refractivity (Wildman–Crippen MR) is 89.2 cm³/mol. The normalized spacial score (nSPS) is 11.1. The van der Waals surface area contributed by atoms with Crippen molar-refractivity contribution in [1.82, 2.24) is 9.78 Å². The monoisotopic (exact) mass is 353 g/mol. The SMILES string of the molecule is Cc1nn(C)c(Cl)c1S(=O)(=O)Nc1cc(N(C)C)ccc1C#N. The van der Waals surface area contributed by atoms with E-state index >= 15 is 0 Å². The molecular formula is C14H16ClN5O2S. The summed E-state index contributed by atoms with van der Waals surface area (Å²) >= 11 is 6.03. The minimum Gasteiger partial charge on any atom is -0.378 e. The topological polar surface area (TPSA) is 91.0 Å². The van der Waals surface area contributed by atoms with Crippen molar-refractivity contribution in [2.75, 3.05) is 23.7 Å². The largest absolute Gasteiger partial charge is 0.378 e. The highest BCUT2D eigenvalue weighted by Gasteiger charge is 2.26. The maximum Gasteiger partial charge on any atom is 0.266 e. The Labute approximate surface area is 140 Å². The van der Waals surface area contributed by atoms with Crippen LogP contribution in [0.5, 0.6) is 0 Å². The molecule has 2 aromatic rings. The molecule has 0 radical (unpaired) electrons. The third-order valence-electron chi connectivity index (χ3n) is 3.25. The van der Waals surface area contributed by atoms with Gasteiger partial charge in [0.2, 0.25) is 0 Å². The lowest BCUT2D eigenvalue weighted by Gasteiger charge is -2.15. The lowest BCUT2D eigenvalue weighted by atomic mass is 10.2. The Bertz CT molecular complexity index is 897. The van der Waals surface area contributed by atoms with E-state index in [2.05, 4.69) is 9.82 Å². The number of aromatic nitrogens is 2. The van der Waals surface area contributed by atoms with Crippen molar-refractivity contribution in [2.24, 2.45) is 7.05 Å². The number of aryl methyl sites for hydroxylation is 2. The smallest absolute Gasteiger partial charge is 0.266 e. The minimum atomic E-state index is -3.96. The van der Waals surface area contributed by atoms with E-state index < -0.39 is 10.0 Å². The van der Waals surface area contributed by atoms with Gasteiger partial charge in [0, 0.05) is 26.8 Å². The van der Waals surface area contributed by atoms with E-state index in [1.165, 1.54) is 4.68 Å². The summed E-state index contributed by atoms with van der Waals surface area (Å²) in [6.45, 7) is 1.56. The molecule has 1 heterocycles. The van der Waals surface area contributed by atoms with Crippen LogP contribution in [0.4, 0.5) is 11.4 Å². The van der Waals surface area contributed by atoms with Crippen LogP contribution in [0.3, 0.4) is 0 Å². The Balaban J connectivity index is 2.53. The number of hydrogen-bond donors (Lipinski definition) is 1. The molecule has 9 heteroatoms. The van der Waals surface area contributed by atoms with Gasteiger partial charge in [-0.05, 0) is 25.1 Å². The number of nitrogens with zero attached hydrogens (tertiary/aromatic N) is 4. The Morgan fingerprint density at radius 2 is 2.04 bits per heavy atom. The van der Waals surface area contributed by atoms with E-state index in [-0.39, 0.29) is 27.0 Å². The Morgan fingerprint density at radius 1 is 1.39 bits per heavy atom. The number of halogens is 1. The van der Waals surface area contributed by atoms with E-state index in [1.807, 2.05) is 20.2 Å². The Morgan fingerprint density at radius 3 is 2.52 bits per heavy atom. The summed E-state index contributed by atoms with van der Waals surface area (Å²) < 4.78 is 29.0. The van der Waals surface area contributed by atoms with E-state index in [4.69, 9.17) is 11.6 Å². The van der Waals surface area contributed by atoms with Gasteiger partial charge in [0.1, 0.15) is 16.1 Å². The van der Waals surface area contributed by atoms with Gasteiger partial charge in [-0.15, -0.1) is 0 Å². The molecule has 7 nitrogen and oxygen atoms in total. The Kier molecular flexibility index (Phi) is 4.54. The lowest BCUT2D eigenvalue weighted by Crippen LogP contribution is -2.16. The summed E-state index contributed by atoms with van der Waals surface area (Å²) in [7, 11) is 1.24. The molecule has 23 heavy (non-hydrogen) atoms. The molecule has 0 saturated heterocycles. The highest BCUT2D eigenvalue weighted by Crippen LogP contribution is 2.29. The first kappa shape index (κ1) is 17.1. The number of anilines is 2. The zero-order chi connectivity index (χ0) is 17.4. The zero-order valence-corrected chi connectivity index (χ0v) is 14.7. The summed E-state index contributed by atoms with van der Waals surface area (Å²) in [5.41, 5.74) is 1.46. The molecule has 0 saturated carbocycles. The van der Waals surface area contributed by atoms with Gasteiger partial charge in [-0.3, -0.25) is 9.40 Å². The van der Waals surface area contributed by atoms with Crippen LogP contribution in [0.2, 0.25) is 5.15 Å². The lowest BCUT2D eigenvalue weighted by molar-refractivity contribution is 0.600. The third kappa shape index (κ3) is 3.25. The maximum absolute atomic E-state index is 12.6. The molecule has 0 spiro atoms. The summed E-state index contributed by atoms with van der Waals surface area (Å²) in [4.78, 5) is 1.71. The summed E-state index contributed by atoms with van der Waals surface area (Å²) in [5.74, 6) is 0. The fraction of sp³-hybridized carbons (Fsp3) is 0.286. The quantitative estimate of drug-likeness (QED) is 0.909. The molecule has 0 amide bonds. The molecule has 1 aromatic heterocycles. The summed E-state index contributed by atoms with van der Waals surface area (Å²) in [6, 6.07) is 6.86. The van der Waals surface area contributed by atoms with Gasteiger partial charge in [-0.25, -0.2) is 8.42 Å². The van der Waals surface area contributed by atoms with Gasteiger partial charge < -0.3 is 4.90 Å². The molecule has 0 atom stereocenters. The van der Waals surface area contributed by atoms with Gasteiger partial charge in [-0.1, -0.05) is 11.6 Å². The molecule has 0 unspecified atom stereocenters. The molecular weight excluding hydrogens is 338 g/mol. The fourth-order valence-corrected chi connectivity index (χ4v) is 3.93. The minimum absolute atomic E-state index is 0.0114. The molecule has 0 aliphatic heterocycles. The van der Waals surface area contributed by atoms with Gasteiger partial charge >= 0.3 is 0 Å². The molecule has 0 bridgehead atoms. The van der Waals surface area contributed by atoms with E-state index in [9.17, 15) is 13.7 Å². The van der Waals surface area contributed by atoms with Gasteiger partial charge in [-0.2, -0.15) is 10.4 Å². The van der Waals surface area contributed by atoms with Crippen molar-refractivity contribution in [2.45, 2.75) is 11.8 Å². The number of sulfonamides is 1. The van der Waals surface area contributed by atoms with E-state index in [1.54, 1.807) is 37.1 Å². The highest BCUT2D eigenvalue weighted by atomic mass is 35.5. The van der Waals surface area contributed by atoms with Crippen LogP contribution in [-0.4, -0.2) is 32.3 Å². The summed E-state index contributed by atoms with van der Waals surface area (Å²) in [6.07, 6.45) is 0. The standard InChI is InChI=1S/C14H16ClN5O2S/c1-9-13(14(15)20(4)17-9)23(21,22)18-12-7-11(19(2)3)6-5-10(12)8-16/h5-7,18H,1-4H3.